The second-order valence-corrected chi connectivity index (χ2v) is 9.57. The topological polar surface area (TPSA) is 48.6 Å². The molecule has 0 amide bonds. The van der Waals surface area contributed by atoms with Crippen LogP contribution < -0.4 is 5.56 Å². The summed E-state index contributed by atoms with van der Waals surface area (Å²) in [6.07, 6.45) is 0. The van der Waals surface area contributed by atoms with E-state index in [1.165, 1.54) is 0 Å². The molecule has 2 N–H and O–H groups in total. The van der Waals surface area contributed by atoms with E-state index in [-0.39, 0.29) is 5.56 Å². The largest absolute Gasteiger partial charge is 0.335 e. The molecule has 15 heavy (non-hydrogen) atoms. The molecule has 0 aliphatic rings. The number of nitrogens with one attached hydrogen (secondary N) is 2. The number of H-pyrrole nitrogens is 2. The van der Waals surface area contributed by atoms with E-state index >= 15 is 0 Å². The Morgan fingerprint density at radius 2 is 1.87 bits per heavy atom. The summed E-state index contributed by atoms with van der Waals surface area (Å²) in [7, 11) is -1.45. The molecule has 1 heterocycles. The Morgan fingerprint density at radius 3 is 2.33 bits per heavy atom. The van der Waals surface area contributed by atoms with Gasteiger partial charge < -0.3 is 4.98 Å². The molecular weight excluding hydrogens is 224 g/mol. The van der Waals surface area contributed by atoms with Crippen molar-refractivity contribution < 1.29 is 0 Å². The predicted octanol–water partition coefficient (Wildman–Crippen LogP) is 1.97. The zero-order chi connectivity index (χ0) is 11.6. The summed E-state index contributed by atoms with van der Waals surface area (Å²) in [5.74, 6) is 2.94. The Bertz CT molecular complexity index is 540. The van der Waals surface area contributed by atoms with Crippen LogP contribution in [0.15, 0.2) is 4.79 Å². The smallest absolute Gasteiger partial charge is 0.267 e. The maximum absolute atomic E-state index is 11.5. The molecule has 0 saturated heterocycles. The fourth-order valence-corrected chi connectivity index (χ4v) is 1.75. The van der Waals surface area contributed by atoms with Crippen molar-refractivity contribution in [1.82, 2.24) is 9.97 Å². The first-order chi connectivity index (χ1) is 6.79. The minimum absolute atomic E-state index is 0.206. The maximum Gasteiger partial charge on any atom is 0.267 e. The van der Waals surface area contributed by atoms with Crippen LogP contribution in [0.25, 0.3) is 0 Å². The quantitative estimate of drug-likeness (QED) is 0.412. The zero-order valence-electron chi connectivity index (χ0n) is 9.32. The highest BCUT2D eigenvalue weighted by Gasteiger charge is 2.08. The number of aromatic amines is 2. The van der Waals surface area contributed by atoms with Crippen LogP contribution in [0.2, 0.25) is 19.6 Å². The van der Waals surface area contributed by atoms with Gasteiger partial charge >= 0.3 is 0 Å². The third-order valence-electron chi connectivity index (χ3n) is 1.69. The molecular formula is C10H14N2OSSi. The lowest BCUT2D eigenvalue weighted by molar-refractivity contribution is 1.03. The number of hydrogen-bond donors (Lipinski definition) is 2. The second kappa shape index (κ2) is 4.17. The summed E-state index contributed by atoms with van der Waals surface area (Å²) < 4.78 is 0.344. The molecule has 1 aromatic heterocycles. The molecule has 1 aromatic rings. The van der Waals surface area contributed by atoms with E-state index in [4.69, 9.17) is 12.2 Å². The minimum atomic E-state index is -1.45. The molecule has 5 heteroatoms. The van der Waals surface area contributed by atoms with Crippen LogP contribution in [-0.4, -0.2) is 18.0 Å². The number of rotatable bonds is 0. The van der Waals surface area contributed by atoms with E-state index in [0.29, 0.717) is 10.3 Å². The van der Waals surface area contributed by atoms with Crippen LogP contribution in [0.4, 0.5) is 0 Å². The molecule has 0 spiro atoms. The van der Waals surface area contributed by atoms with Crippen LogP contribution >= 0.6 is 12.2 Å². The lowest BCUT2D eigenvalue weighted by Gasteiger charge is -2.03. The summed E-state index contributed by atoms with van der Waals surface area (Å²) in [4.78, 5) is 17.0. The standard InChI is InChI=1S/C10H14N2OSSi/c1-7-8(5-6-15(2,3)4)9(13)12-10(14)11-7/h1-4H3,(H2,11,12,13,14). The van der Waals surface area contributed by atoms with E-state index in [1.807, 2.05) is 0 Å². The van der Waals surface area contributed by atoms with Crippen molar-refractivity contribution in [2.24, 2.45) is 0 Å². The van der Waals surface area contributed by atoms with Gasteiger partial charge in [-0.15, -0.1) is 5.54 Å². The van der Waals surface area contributed by atoms with Gasteiger partial charge in [-0.05, 0) is 19.1 Å². The second-order valence-electron chi connectivity index (χ2n) is 4.41. The molecule has 0 unspecified atom stereocenters. The summed E-state index contributed by atoms with van der Waals surface area (Å²) in [5, 5.41) is 0. The summed E-state index contributed by atoms with van der Waals surface area (Å²) >= 11 is 4.85. The highest BCUT2D eigenvalue weighted by molar-refractivity contribution is 7.71. The molecule has 0 saturated carbocycles. The molecule has 0 aliphatic carbocycles. The molecule has 3 nitrogen and oxygen atoms in total. The Balaban J connectivity index is 3.33. The van der Waals surface area contributed by atoms with Gasteiger partial charge in [-0.3, -0.25) is 9.78 Å². The van der Waals surface area contributed by atoms with Gasteiger partial charge in [-0.1, -0.05) is 25.6 Å². The zero-order valence-corrected chi connectivity index (χ0v) is 11.1. The SMILES string of the molecule is Cc1[nH]c(=S)[nH]c(=O)c1C#C[Si](C)(C)C. The third kappa shape index (κ3) is 3.50. The third-order valence-corrected chi connectivity index (χ3v) is 2.77. The molecule has 0 radical (unpaired) electrons. The Labute approximate surface area is 95.0 Å². The Kier molecular flexibility index (Phi) is 3.32. The molecule has 0 aliphatic heterocycles. The van der Waals surface area contributed by atoms with Crippen molar-refractivity contribution in [1.29, 1.82) is 0 Å². The summed E-state index contributed by atoms with van der Waals surface area (Å²) in [6.45, 7) is 8.21. The van der Waals surface area contributed by atoms with Crippen molar-refractivity contribution in [2.45, 2.75) is 26.6 Å². The fourth-order valence-electron chi connectivity index (χ4n) is 1.00. The fraction of sp³-hybridized carbons (Fsp3) is 0.400. The predicted molar refractivity (Wildman–Crippen MR) is 67.2 cm³/mol. The van der Waals surface area contributed by atoms with Crippen LogP contribution in [0.5, 0.6) is 0 Å². The van der Waals surface area contributed by atoms with Gasteiger partial charge in [0.25, 0.3) is 5.56 Å². The summed E-state index contributed by atoms with van der Waals surface area (Å²) in [6, 6.07) is 0. The average Bonchev–Trinajstić information content (AvgIpc) is 1.99. The van der Waals surface area contributed by atoms with Crippen molar-refractivity contribution >= 4 is 20.3 Å². The van der Waals surface area contributed by atoms with E-state index < -0.39 is 8.07 Å². The maximum atomic E-state index is 11.5. The van der Waals surface area contributed by atoms with Gasteiger partial charge in [0.1, 0.15) is 13.6 Å². The van der Waals surface area contributed by atoms with E-state index in [9.17, 15) is 4.79 Å². The first kappa shape index (κ1) is 11.9. The van der Waals surface area contributed by atoms with Gasteiger partial charge in [0.05, 0.1) is 0 Å². The number of hydrogen-bond acceptors (Lipinski definition) is 2. The lowest BCUT2D eigenvalue weighted by Crippen LogP contribution is -2.18. The van der Waals surface area contributed by atoms with Crippen molar-refractivity contribution in [2.75, 3.05) is 0 Å². The van der Waals surface area contributed by atoms with Crippen LogP contribution in [0, 0.1) is 23.2 Å². The Morgan fingerprint density at radius 1 is 1.27 bits per heavy atom. The average molecular weight is 238 g/mol. The van der Waals surface area contributed by atoms with E-state index in [0.717, 1.165) is 5.69 Å². The van der Waals surface area contributed by atoms with Crippen molar-refractivity contribution in [3.05, 3.63) is 26.4 Å². The molecule has 0 atom stereocenters. The minimum Gasteiger partial charge on any atom is -0.335 e. The van der Waals surface area contributed by atoms with Gasteiger partial charge in [0.2, 0.25) is 0 Å². The van der Waals surface area contributed by atoms with E-state index in [1.54, 1.807) is 6.92 Å². The monoisotopic (exact) mass is 238 g/mol. The number of aryl methyl sites for hydroxylation is 1. The van der Waals surface area contributed by atoms with Gasteiger partial charge in [-0.2, -0.15) is 0 Å². The molecule has 0 aromatic carbocycles. The van der Waals surface area contributed by atoms with Gasteiger partial charge in [0, 0.05) is 5.69 Å². The highest BCUT2D eigenvalue weighted by atomic mass is 32.1. The summed E-state index contributed by atoms with van der Waals surface area (Å²) in [5.41, 5.74) is 4.17. The molecule has 1 rings (SSSR count). The first-order valence-electron chi connectivity index (χ1n) is 4.66. The molecule has 0 fully saturated rings. The van der Waals surface area contributed by atoms with Gasteiger partial charge in [0.15, 0.2) is 4.77 Å². The number of aromatic nitrogens is 2. The van der Waals surface area contributed by atoms with E-state index in [2.05, 4.69) is 41.1 Å². The van der Waals surface area contributed by atoms with Gasteiger partial charge in [-0.25, -0.2) is 0 Å². The van der Waals surface area contributed by atoms with Crippen molar-refractivity contribution in [3.63, 3.8) is 0 Å². The molecule has 80 valence electrons. The van der Waals surface area contributed by atoms with Crippen molar-refractivity contribution in [3.8, 4) is 11.5 Å². The van der Waals surface area contributed by atoms with Crippen LogP contribution in [0.3, 0.4) is 0 Å². The first-order valence-corrected chi connectivity index (χ1v) is 8.57. The highest BCUT2D eigenvalue weighted by Crippen LogP contribution is 1.99. The lowest BCUT2D eigenvalue weighted by atomic mass is 10.2. The molecule has 0 bridgehead atoms. The normalized spacial score (nSPS) is 10.7. The Hall–Kier alpha value is -1.12. The van der Waals surface area contributed by atoms with Crippen LogP contribution in [-0.2, 0) is 0 Å². The van der Waals surface area contributed by atoms with Crippen LogP contribution in [0.1, 0.15) is 11.3 Å².